The van der Waals surface area contributed by atoms with E-state index in [0.29, 0.717) is 23.6 Å². The van der Waals surface area contributed by atoms with Crippen LogP contribution >= 0.6 is 11.6 Å². The normalized spacial score (nSPS) is 10.7. The van der Waals surface area contributed by atoms with Gasteiger partial charge in [-0.1, -0.05) is 5.21 Å². The molecule has 0 fully saturated rings. The van der Waals surface area contributed by atoms with Crippen LogP contribution in [0.1, 0.15) is 16.8 Å². The highest BCUT2D eigenvalue weighted by atomic mass is 35.5. The number of rotatable bonds is 4. The van der Waals surface area contributed by atoms with Crippen molar-refractivity contribution in [1.29, 1.82) is 0 Å². The Morgan fingerprint density at radius 1 is 1.37 bits per heavy atom. The van der Waals surface area contributed by atoms with Gasteiger partial charge in [0.25, 0.3) is 5.69 Å². The first kappa shape index (κ1) is 13.5. The van der Waals surface area contributed by atoms with Crippen LogP contribution in [0, 0.1) is 24.0 Å². The Balaban J connectivity index is 2.48. The van der Waals surface area contributed by atoms with Crippen LogP contribution in [0.25, 0.3) is 5.69 Å². The summed E-state index contributed by atoms with van der Waals surface area (Å²) < 4.78 is 1.55. The lowest BCUT2D eigenvalue weighted by molar-refractivity contribution is -0.385. The summed E-state index contributed by atoms with van der Waals surface area (Å²) in [4.78, 5) is 10.6. The molecule has 2 rings (SSSR count). The van der Waals surface area contributed by atoms with E-state index in [1.165, 1.54) is 6.07 Å². The van der Waals surface area contributed by atoms with Gasteiger partial charge in [0.15, 0.2) is 0 Å². The second-order valence-electron chi connectivity index (χ2n) is 4.28. The largest absolute Gasteiger partial charge is 0.274 e. The zero-order chi connectivity index (χ0) is 14.0. The molecule has 0 unspecified atom stereocenters. The standard InChI is InChI=1S/C12H13ClN4O2/c1-8-5-9(2)12(17(18)19)6-11(8)16-7-10(3-4-13)14-15-16/h5-7H,3-4H2,1-2H3. The van der Waals surface area contributed by atoms with Crippen molar-refractivity contribution in [1.82, 2.24) is 15.0 Å². The van der Waals surface area contributed by atoms with Crippen LogP contribution < -0.4 is 0 Å². The van der Waals surface area contributed by atoms with Crippen molar-refractivity contribution in [2.75, 3.05) is 5.88 Å². The van der Waals surface area contributed by atoms with E-state index < -0.39 is 4.92 Å². The van der Waals surface area contributed by atoms with Crippen LogP contribution in [0.2, 0.25) is 0 Å². The Labute approximate surface area is 115 Å². The van der Waals surface area contributed by atoms with E-state index in [1.54, 1.807) is 23.9 Å². The molecule has 0 N–H and O–H groups in total. The Morgan fingerprint density at radius 2 is 2.11 bits per heavy atom. The van der Waals surface area contributed by atoms with E-state index in [2.05, 4.69) is 10.3 Å². The summed E-state index contributed by atoms with van der Waals surface area (Å²) in [6, 6.07) is 3.29. The number of benzene rings is 1. The fraction of sp³-hybridized carbons (Fsp3) is 0.333. The van der Waals surface area contributed by atoms with Crippen LogP contribution in [0.4, 0.5) is 5.69 Å². The summed E-state index contributed by atoms with van der Waals surface area (Å²) in [6.07, 6.45) is 2.36. The summed E-state index contributed by atoms with van der Waals surface area (Å²) in [7, 11) is 0. The molecule has 0 saturated heterocycles. The number of aromatic nitrogens is 3. The predicted molar refractivity (Wildman–Crippen MR) is 71.9 cm³/mol. The highest BCUT2D eigenvalue weighted by Gasteiger charge is 2.15. The lowest BCUT2D eigenvalue weighted by Gasteiger charge is -2.06. The second kappa shape index (κ2) is 5.36. The van der Waals surface area contributed by atoms with Crippen molar-refractivity contribution in [2.45, 2.75) is 20.3 Å². The number of nitrogens with zero attached hydrogens (tertiary/aromatic N) is 4. The quantitative estimate of drug-likeness (QED) is 0.490. The highest BCUT2D eigenvalue weighted by Crippen LogP contribution is 2.24. The molecule has 0 aliphatic rings. The van der Waals surface area contributed by atoms with Gasteiger partial charge in [-0.2, -0.15) is 0 Å². The molecule has 0 atom stereocenters. The van der Waals surface area contributed by atoms with Crippen molar-refractivity contribution < 1.29 is 4.92 Å². The molecule has 0 bridgehead atoms. The van der Waals surface area contributed by atoms with Crippen LogP contribution in [-0.4, -0.2) is 25.8 Å². The Hall–Kier alpha value is -1.95. The molecule has 1 aromatic carbocycles. The number of nitro benzene ring substituents is 1. The van der Waals surface area contributed by atoms with E-state index in [1.807, 2.05) is 6.92 Å². The molecule has 19 heavy (non-hydrogen) atoms. The van der Waals surface area contributed by atoms with Gasteiger partial charge in [-0.25, -0.2) is 4.68 Å². The number of hydrogen-bond acceptors (Lipinski definition) is 4. The van der Waals surface area contributed by atoms with E-state index in [-0.39, 0.29) is 5.69 Å². The van der Waals surface area contributed by atoms with Gasteiger partial charge in [0.05, 0.1) is 22.5 Å². The molecule has 1 heterocycles. The van der Waals surface area contributed by atoms with Crippen LogP contribution in [0.5, 0.6) is 0 Å². The molecule has 0 saturated carbocycles. The lowest BCUT2D eigenvalue weighted by Crippen LogP contribution is -2.01. The fourth-order valence-electron chi connectivity index (χ4n) is 1.90. The summed E-state index contributed by atoms with van der Waals surface area (Å²) in [5, 5.41) is 18.9. The summed E-state index contributed by atoms with van der Waals surface area (Å²) in [6.45, 7) is 3.60. The van der Waals surface area contributed by atoms with Crippen LogP contribution in [-0.2, 0) is 6.42 Å². The van der Waals surface area contributed by atoms with E-state index in [0.717, 1.165) is 11.3 Å². The summed E-state index contributed by atoms with van der Waals surface area (Å²) in [5.41, 5.74) is 3.04. The molecule has 2 aromatic rings. The maximum Gasteiger partial charge on any atom is 0.274 e. The molecule has 1 aromatic heterocycles. The van der Waals surface area contributed by atoms with Crippen LogP contribution in [0.3, 0.4) is 0 Å². The minimum absolute atomic E-state index is 0.0787. The molecule has 0 radical (unpaired) electrons. The van der Waals surface area contributed by atoms with Gasteiger partial charge in [0, 0.05) is 23.9 Å². The van der Waals surface area contributed by atoms with Gasteiger partial charge in [-0.15, -0.1) is 16.7 Å². The minimum atomic E-state index is -0.394. The van der Waals surface area contributed by atoms with E-state index in [4.69, 9.17) is 11.6 Å². The van der Waals surface area contributed by atoms with Crippen molar-refractivity contribution >= 4 is 17.3 Å². The average molecular weight is 281 g/mol. The van der Waals surface area contributed by atoms with E-state index in [9.17, 15) is 10.1 Å². The maximum absolute atomic E-state index is 11.0. The molecule has 6 nitrogen and oxygen atoms in total. The molecule has 0 aliphatic heterocycles. The highest BCUT2D eigenvalue weighted by molar-refractivity contribution is 6.17. The number of aryl methyl sites for hydroxylation is 3. The van der Waals surface area contributed by atoms with Gasteiger partial charge in [-0.05, 0) is 25.5 Å². The summed E-state index contributed by atoms with van der Waals surface area (Å²) >= 11 is 5.64. The molecule has 0 amide bonds. The number of nitro groups is 1. The smallest absolute Gasteiger partial charge is 0.258 e. The van der Waals surface area contributed by atoms with Gasteiger partial charge >= 0.3 is 0 Å². The number of halogens is 1. The molecule has 0 aliphatic carbocycles. The zero-order valence-corrected chi connectivity index (χ0v) is 11.4. The minimum Gasteiger partial charge on any atom is -0.258 e. The van der Waals surface area contributed by atoms with Crippen molar-refractivity contribution in [3.8, 4) is 5.69 Å². The molecule has 7 heteroatoms. The molecular formula is C12H13ClN4O2. The number of alkyl halides is 1. The predicted octanol–water partition coefficient (Wildman–Crippen LogP) is 2.57. The SMILES string of the molecule is Cc1cc(C)c([N+](=O)[O-])cc1-n1cc(CCCl)nn1. The Kier molecular flexibility index (Phi) is 3.80. The van der Waals surface area contributed by atoms with Gasteiger partial charge in [-0.3, -0.25) is 10.1 Å². The molecular weight excluding hydrogens is 268 g/mol. The average Bonchev–Trinajstić information content (AvgIpc) is 2.77. The third-order valence-corrected chi connectivity index (χ3v) is 3.04. The first-order chi connectivity index (χ1) is 9.02. The lowest BCUT2D eigenvalue weighted by atomic mass is 10.1. The first-order valence-electron chi connectivity index (χ1n) is 5.76. The number of hydrogen-bond donors (Lipinski definition) is 0. The molecule has 0 spiro atoms. The van der Waals surface area contributed by atoms with Crippen molar-refractivity contribution in [3.05, 3.63) is 45.3 Å². The first-order valence-corrected chi connectivity index (χ1v) is 6.29. The fourth-order valence-corrected chi connectivity index (χ4v) is 2.09. The topological polar surface area (TPSA) is 73.8 Å². The zero-order valence-electron chi connectivity index (χ0n) is 10.6. The van der Waals surface area contributed by atoms with Gasteiger partial charge in [0.2, 0.25) is 0 Å². The van der Waals surface area contributed by atoms with Crippen LogP contribution in [0.15, 0.2) is 18.3 Å². The van der Waals surface area contributed by atoms with Gasteiger partial charge < -0.3 is 0 Å². The Morgan fingerprint density at radius 3 is 2.74 bits per heavy atom. The van der Waals surface area contributed by atoms with E-state index >= 15 is 0 Å². The maximum atomic E-state index is 11.0. The molecule has 100 valence electrons. The third kappa shape index (κ3) is 2.73. The second-order valence-corrected chi connectivity index (χ2v) is 4.65. The monoisotopic (exact) mass is 280 g/mol. The van der Waals surface area contributed by atoms with Crippen molar-refractivity contribution in [3.63, 3.8) is 0 Å². The van der Waals surface area contributed by atoms with Gasteiger partial charge in [0.1, 0.15) is 0 Å². The Bertz CT molecular complexity index is 624. The summed E-state index contributed by atoms with van der Waals surface area (Å²) in [5.74, 6) is 0.464. The third-order valence-electron chi connectivity index (χ3n) is 2.85. The van der Waals surface area contributed by atoms with Crippen molar-refractivity contribution in [2.24, 2.45) is 0 Å².